The van der Waals surface area contributed by atoms with Crippen molar-refractivity contribution in [3.8, 4) is 0 Å². The molecule has 36 heavy (non-hydrogen) atoms. The Morgan fingerprint density at radius 3 is 2.11 bits per heavy atom. The minimum Gasteiger partial charge on any atom is -0.445 e. The smallest absolute Gasteiger partial charge is 0.408 e. The highest BCUT2D eigenvalue weighted by Crippen LogP contribution is 2.19. The van der Waals surface area contributed by atoms with Gasteiger partial charge in [-0.3, -0.25) is 9.59 Å². The summed E-state index contributed by atoms with van der Waals surface area (Å²) in [5.74, 6) is -1.19. The summed E-state index contributed by atoms with van der Waals surface area (Å²) < 4.78 is 5.33. The van der Waals surface area contributed by atoms with Gasteiger partial charge in [0.25, 0.3) is 0 Å². The lowest BCUT2D eigenvalue weighted by atomic mass is 10.0. The van der Waals surface area contributed by atoms with E-state index in [1.165, 1.54) is 0 Å². The molecule has 4 aromatic rings. The van der Waals surface area contributed by atoms with Crippen molar-refractivity contribution in [2.24, 2.45) is 5.73 Å². The maximum atomic E-state index is 13.3. The number of rotatable bonds is 10. The predicted octanol–water partition coefficient (Wildman–Crippen LogP) is 3.22. The Bertz CT molecular complexity index is 1320. The van der Waals surface area contributed by atoms with Crippen molar-refractivity contribution in [1.82, 2.24) is 15.6 Å². The number of carbonyl (C=O) groups is 3. The van der Waals surface area contributed by atoms with Crippen LogP contribution in [-0.2, 0) is 33.8 Å². The molecule has 0 aliphatic carbocycles. The lowest BCUT2D eigenvalue weighted by molar-refractivity contribution is -0.128. The average Bonchev–Trinajstić information content (AvgIpc) is 3.30. The predicted molar refractivity (Wildman–Crippen MR) is 137 cm³/mol. The number of carbonyl (C=O) groups excluding carboxylic acids is 3. The lowest BCUT2D eigenvalue weighted by Gasteiger charge is -2.22. The topological polar surface area (TPSA) is 126 Å². The number of amides is 3. The fourth-order valence-electron chi connectivity index (χ4n) is 3.98. The van der Waals surface area contributed by atoms with Crippen molar-refractivity contribution in [3.63, 3.8) is 0 Å². The van der Waals surface area contributed by atoms with Crippen molar-refractivity contribution in [3.05, 3.63) is 108 Å². The highest BCUT2D eigenvalue weighted by atomic mass is 16.5. The van der Waals surface area contributed by atoms with Gasteiger partial charge in [-0.25, -0.2) is 4.79 Å². The second-order valence-electron chi connectivity index (χ2n) is 8.48. The third-order valence-corrected chi connectivity index (χ3v) is 5.86. The molecule has 0 aliphatic heterocycles. The van der Waals surface area contributed by atoms with E-state index in [4.69, 9.17) is 10.5 Å². The SMILES string of the molecule is NC(=O)[C@H](Cc1ccccc1)NC(=O)C(Cc1c[nH]c2ccccc12)NC(=O)OCc1ccccc1. The maximum absolute atomic E-state index is 13.3. The van der Waals surface area contributed by atoms with Crippen LogP contribution in [0.2, 0.25) is 0 Å². The second kappa shape index (κ2) is 11.7. The molecular weight excluding hydrogens is 456 g/mol. The summed E-state index contributed by atoms with van der Waals surface area (Å²) in [7, 11) is 0. The molecule has 0 fully saturated rings. The Balaban J connectivity index is 1.50. The summed E-state index contributed by atoms with van der Waals surface area (Å²) in [5, 5.41) is 6.31. The lowest BCUT2D eigenvalue weighted by Crippen LogP contribution is -2.54. The van der Waals surface area contributed by atoms with E-state index in [0.717, 1.165) is 27.6 Å². The van der Waals surface area contributed by atoms with Crippen LogP contribution >= 0.6 is 0 Å². The first-order chi connectivity index (χ1) is 17.5. The fraction of sp³-hybridized carbons (Fsp3) is 0.179. The van der Waals surface area contributed by atoms with Gasteiger partial charge in [-0.1, -0.05) is 78.9 Å². The van der Waals surface area contributed by atoms with Crippen molar-refractivity contribution in [2.45, 2.75) is 31.5 Å². The van der Waals surface area contributed by atoms with Gasteiger partial charge < -0.3 is 26.1 Å². The van der Waals surface area contributed by atoms with Gasteiger partial charge in [0, 0.05) is 29.9 Å². The first-order valence-corrected chi connectivity index (χ1v) is 11.7. The van der Waals surface area contributed by atoms with Gasteiger partial charge in [0.1, 0.15) is 18.7 Å². The Kier molecular flexibility index (Phi) is 7.97. The van der Waals surface area contributed by atoms with E-state index in [2.05, 4.69) is 15.6 Å². The van der Waals surface area contributed by atoms with Crippen LogP contribution in [0.25, 0.3) is 10.9 Å². The molecule has 0 spiro atoms. The number of fused-ring (bicyclic) bond motifs is 1. The van der Waals surface area contributed by atoms with Crippen LogP contribution in [-0.4, -0.2) is 35.0 Å². The maximum Gasteiger partial charge on any atom is 0.408 e. The normalized spacial score (nSPS) is 12.4. The van der Waals surface area contributed by atoms with E-state index in [0.29, 0.717) is 0 Å². The standard InChI is InChI=1S/C28H28N4O4/c29-26(33)24(15-19-9-3-1-4-10-19)31-27(34)25(16-21-17-30-23-14-8-7-13-22(21)23)32-28(35)36-18-20-11-5-2-6-12-20/h1-14,17,24-25,30H,15-16,18H2,(H2,29,33)(H,31,34)(H,32,35)/t24-,25?/m0/s1. The van der Waals surface area contributed by atoms with E-state index in [1.54, 1.807) is 6.20 Å². The highest BCUT2D eigenvalue weighted by Gasteiger charge is 2.27. The van der Waals surface area contributed by atoms with Crippen LogP contribution in [0.15, 0.2) is 91.1 Å². The molecule has 184 valence electrons. The minimum atomic E-state index is -0.995. The molecule has 3 amide bonds. The molecule has 0 saturated carbocycles. The minimum absolute atomic E-state index is 0.0615. The molecule has 4 rings (SSSR count). The van der Waals surface area contributed by atoms with Crippen molar-refractivity contribution in [1.29, 1.82) is 0 Å². The van der Waals surface area contributed by atoms with Crippen molar-refractivity contribution < 1.29 is 19.1 Å². The van der Waals surface area contributed by atoms with Gasteiger partial charge in [-0.2, -0.15) is 0 Å². The molecular formula is C28H28N4O4. The Morgan fingerprint density at radius 1 is 0.778 bits per heavy atom. The number of primary amides is 1. The number of para-hydroxylation sites is 1. The van der Waals surface area contributed by atoms with Gasteiger partial charge in [0.15, 0.2) is 0 Å². The quantitative estimate of drug-likeness (QED) is 0.276. The van der Waals surface area contributed by atoms with Crippen LogP contribution in [0.4, 0.5) is 4.79 Å². The Labute approximate surface area is 208 Å². The van der Waals surface area contributed by atoms with Crippen LogP contribution in [0.3, 0.4) is 0 Å². The molecule has 1 unspecified atom stereocenters. The number of aromatic nitrogens is 1. The molecule has 2 atom stereocenters. The van der Waals surface area contributed by atoms with Gasteiger partial charge in [-0.15, -0.1) is 0 Å². The molecule has 8 heteroatoms. The summed E-state index contributed by atoms with van der Waals surface area (Å²) in [6, 6.07) is 24.2. The van der Waals surface area contributed by atoms with Gasteiger partial charge in [0.2, 0.25) is 11.8 Å². The molecule has 0 aliphatic rings. The van der Waals surface area contributed by atoms with Gasteiger partial charge in [-0.05, 0) is 22.8 Å². The molecule has 1 heterocycles. The molecule has 1 aromatic heterocycles. The van der Waals surface area contributed by atoms with E-state index in [1.807, 2.05) is 84.9 Å². The highest BCUT2D eigenvalue weighted by molar-refractivity contribution is 5.92. The molecule has 0 bridgehead atoms. The Hall–Kier alpha value is -4.59. The third kappa shape index (κ3) is 6.50. The summed E-state index contributed by atoms with van der Waals surface area (Å²) in [4.78, 5) is 41.2. The van der Waals surface area contributed by atoms with Gasteiger partial charge in [0.05, 0.1) is 0 Å². The molecule has 8 nitrogen and oxygen atoms in total. The number of alkyl carbamates (subject to hydrolysis) is 1. The third-order valence-electron chi connectivity index (χ3n) is 5.86. The molecule has 0 saturated heterocycles. The summed E-state index contributed by atoms with van der Waals surface area (Å²) in [5.41, 5.74) is 9.01. The van der Waals surface area contributed by atoms with Crippen LogP contribution < -0.4 is 16.4 Å². The van der Waals surface area contributed by atoms with Crippen LogP contribution in [0, 0.1) is 0 Å². The van der Waals surface area contributed by atoms with E-state index in [-0.39, 0.29) is 19.4 Å². The number of benzene rings is 3. The first kappa shape index (κ1) is 24.5. The molecule has 5 N–H and O–H groups in total. The van der Waals surface area contributed by atoms with E-state index in [9.17, 15) is 14.4 Å². The zero-order chi connectivity index (χ0) is 25.3. The summed E-state index contributed by atoms with van der Waals surface area (Å²) >= 11 is 0. The van der Waals surface area contributed by atoms with Crippen LogP contribution in [0.5, 0.6) is 0 Å². The Morgan fingerprint density at radius 2 is 1.42 bits per heavy atom. The van der Waals surface area contributed by atoms with Gasteiger partial charge >= 0.3 is 6.09 Å². The number of hydrogen-bond acceptors (Lipinski definition) is 4. The number of ether oxygens (including phenoxy) is 1. The summed E-state index contributed by atoms with van der Waals surface area (Å²) in [6.07, 6.45) is 1.49. The van der Waals surface area contributed by atoms with E-state index < -0.39 is 30.0 Å². The van der Waals surface area contributed by atoms with Crippen molar-refractivity contribution >= 4 is 28.8 Å². The number of aromatic amines is 1. The average molecular weight is 485 g/mol. The summed E-state index contributed by atoms with van der Waals surface area (Å²) in [6.45, 7) is 0.0615. The molecule has 0 radical (unpaired) electrons. The fourth-order valence-corrected chi connectivity index (χ4v) is 3.98. The van der Waals surface area contributed by atoms with E-state index >= 15 is 0 Å². The zero-order valence-corrected chi connectivity index (χ0v) is 19.6. The number of nitrogens with one attached hydrogen (secondary N) is 3. The number of H-pyrrole nitrogens is 1. The monoisotopic (exact) mass is 484 g/mol. The second-order valence-corrected chi connectivity index (χ2v) is 8.48. The number of hydrogen-bond donors (Lipinski definition) is 4. The van der Waals surface area contributed by atoms with Crippen LogP contribution in [0.1, 0.15) is 16.7 Å². The largest absolute Gasteiger partial charge is 0.445 e. The molecule has 3 aromatic carbocycles. The number of nitrogens with two attached hydrogens (primary N) is 1. The first-order valence-electron chi connectivity index (χ1n) is 11.7. The van der Waals surface area contributed by atoms with Crippen molar-refractivity contribution in [2.75, 3.05) is 0 Å². The zero-order valence-electron chi connectivity index (χ0n) is 19.6.